The van der Waals surface area contributed by atoms with Crippen molar-refractivity contribution < 1.29 is 9.53 Å². The molecule has 0 spiro atoms. The van der Waals surface area contributed by atoms with Crippen LogP contribution in [0.5, 0.6) is 0 Å². The summed E-state index contributed by atoms with van der Waals surface area (Å²) < 4.78 is 7.79. The summed E-state index contributed by atoms with van der Waals surface area (Å²) in [6.45, 7) is 12.0. The summed E-state index contributed by atoms with van der Waals surface area (Å²) in [5.74, 6) is 0.753. The molecule has 2 aliphatic rings. The molecule has 1 unspecified atom stereocenters. The number of hydrogen-bond donors (Lipinski definition) is 1. The molecule has 0 radical (unpaired) electrons. The van der Waals surface area contributed by atoms with E-state index in [1.54, 1.807) is 6.08 Å². The Kier molecular flexibility index (Phi) is 9.60. The van der Waals surface area contributed by atoms with E-state index in [1.807, 2.05) is 42.8 Å². The lowest BCUT2D eigenvalue weighted by atomic mass is 9.95. The molecule has 2 fully saturated rings. The van der Waals surface area contributed by atoms with E-state index < -0.39 is 0 Å². The predicted octanol–water partition coefficient (Wildman–Crippen LogP) is 4.94. The van der Waals surface area contributed by atoms with Gasteiger partial charge in [-0.25, -0.2) is 0 Å². The second kappa shape index (κ2) is 12.6. The van der Waals surface area contributed by atoms with Gasteiger partial charge < -0.3 is 15.0 Å². The maximum Gasteiger partial charge on any atom is 0.269 e. The van der Waals surface area contributed by atoms with E-state index in [-0.39, 0.29) is 18.0 Å². The van der Waals surface area contributed by atoms with Crippen molar-refractivity contribution in [3.05, 3.63) is 54.1 Å². The van der Waals surface area contributed by atoms with Crippen LogP contribution in [0.25, 0.3) is 0 Å². The Balaban J connectivity index is 1.56. The van der Waals surface area contributed by atoms with Crippen molar-refractivity contribution in [2.75, 3.05) is 26.2 Å². The number of allylic oxidation sites excluding steroid dienone is 4. The van der Waals surface area contributed by atoms with Crippen LogP contribution in [-0.2, 0) is 4.74 Å². The van der Waals surface area contributed by atoms with Crippen molar-refractivity contribution in [2.45, 2.75) is 77.3 Å². The lowest BCUT2D eigenvalue weighted by molar-refractivity contribution is 0.0915. The molecule has 1 aromatic heterocycles. The molecule has 1 amide bonds. The van der Waals surface area contributed by atoms with Crippen LogP contribution in [0.1, 0.15) is 80.5 Å². The molecule has 1 atom stereocenters. The quantitative estimate of drug-likeness (QED) is 0.301. The monoisotopic (exact) mass is 440 g/mol. The third-order valence-corrected chi connectivity index (χ3v) is 6.32. The summed E-state index contributed by atoms with van der Waals surface area (Å²) in [6.07, 6.45) is 17.1. The van der Waals surface area contributed by atoms with E-state index in [4.69, 9.17) is 4.74 Å². The Morgan fingerprint density at radius 2 is 2.03 bits per heavy atom. The molecular formula is C26H40N4O2. The molecule has 1 saturated heterocycles. The summed E-state index contributed by atoms with van der Waals surface area (Å²) in [4.78, 5) is 15.4. The highest BCUT2D eigenvalue weighted by molar-refractivity contribution is 5.93. The van der Waals surface area contributed by atoms with Crippen molar-refractivity contribution in [1.82, 2.24) is 20.0 Å². The summed E-state index contributed by atoms with van der Waals surface area (Å²) in [6, 6.07) is 2.08. The average Bonchev–Trinajstić information content (AvgIpc) is 3.45. The topological polar surface area (TPSA) is 59.4 Å². The van der Waals surface area contributed by atoms with Crippen molar-refractivity contribution in [1.29, 1.82) is 0 Å². The van der Waals surface area contributed by atoms with Gasteiger partial charge in [0.1, 0.15) is 11.5 Å². The molecule has 6 nitrogen and oxygen atoms in total. The minimum Gasteiger partial charge on any atom is -0.494 e. The van der Waals surface area contributed by atoms with Gasteiger partial charge in [-0.3, -0.25) is 9.48 Å². The first-order valence-electron chi connectivity index (χ1n) is 12.3. The molecule has 176 valence electrons. The largest absolute Gasteiger partial charge is 0.494 e. The SMILES string of the molecule is C=C/C=C(\C=C/C(C)n1nc(C)cc1C(=O)NC1CCCCC1)OCCCN1CCCC1. The van der Waals surface area contributed by atoms with Gasteiger partial charge in [-0.2, -0.15) is 5.10 Å². The molecule has 1 aromatic rings. The van der Waals surface area contributed by atoms with Crippen LogP contribution in [0.15, 0.2) is 42.7 Å². The number of carbonyl (C=O) groups excluding carboxylic acids is 1. The van der Waals surface area contributed by atoms with Gasteiger partial charge in [0.15, 0.2) is 0 Å². The van der Waals surface area contributed by atoms with Crippen LogP contribution in [0.3, 0.4) is 0 Å². The molecule has 1 aliphatic carbocycles. The standard InChI is InChI=1S/C26H40N4O2/c1-4-11-24(32-19-10-18-29-16-8-9-17-29)15-14-22(3)30-25(20-21(2)28-30)26(31)27-23-12-6-5-7-13-23/h4,11,14-15,20,22-23H,1,5-10,12-13,16-19H2,2-3H3,(H,27,31)/b15-14-,24-11+. The fraction of sp³-hybridized carbons (Fsp3) is 0.615. The van der Waals surface area contributed by atoms with E-state index in [2.05, 4.69) is 21.9 Å². The van der Waals surface area contributed by atoms with Gasteiger partial charge in [-0.1, -0.05) is 38.0 Å². The second-order valence-electron chi connectivity index (χ2n) is 9.08. The van der Waals surface area contributed by atoms with Gasteiger partial charge in [0, 0.05) is 12.6 Å². The lowest BCUT2D eigenvalue weighted by Crippen LogP contribution is -2.37. The lowest BCUT2D eigenvalue weighted by Gasteiger charge is -2.23. The number of carbonyl (C=O) groups is 1. The predicted molar refractivity (Wildman–Crippen MR) is 130 cm³/mol. The number of nitrogens with zero attached hydrogens (tertiary/aromatic N) is 3. The number of likely N-dealkylation sites (tertiary alicyclic amines) is 1. The molecule has 6 heteroatoms. The Morgan fingerprint density at radius 3 is 2.75 bits per heavy atom. The summed E-state index contributed by atoms with van der Waals surface area (Å²) in [7, 11) is 0. The van der Waals surface area contributed by atoms with E-state index in [1.165, 1.54) is 45.2 Å². The van der Waals surface area contributed by atoms with Crippen LogP contribution in [-0.4, -0.2) is 52.9 Å². The molecule has 3 rings (SSSR count). The maximum atomic E-state index is 12.9. The zero-order valence-electron chi connectivity index (χ0n) is 19.9. The first kappa shape index (κ1) is 24.3. The van der Waals surface area contributed by atoms with Crippen molar-refractivity contribution in [3.8, 4) is 0 Å². The summed E-state index contributed by atoms with van der Waals surface area (Å²) >= 11 is 0. The normalized spacial score (nSPS) is 19.4. The molecule has 1 saturated carbocycles. The molecule has 1 aliphatic heterocycles. The third kappa shape index (κ3) is 7.37. The number of aromatic nitrogens is 2. The summed E-state index contributed by atoms with van der Waals surface area (Å²) in [5, 5.41) is 7.80. The van der Waals surface area contributed by atoms with Crippen molar-refractivity contribution in [3.63, 3.8) is 0 Å². The van der Waals surface area contributed by atoms with E-state index >= 15 is 0 Å². The average molecular weight is 441 g/mol. The van der Waals surface area contributed by atoms with Crippen LogP contribution >= 0.6 is 0 Å². The molecular weight excluding hydrogens is 400 g/mol. The Labute approximate surface area is 193 Å². The van der Waals surface area contributed by atoms with Gasteiger partial charge >= 0.3 is 0 Å². The van der Waals surface area contributed by atoms with Gasteiger partial charge in [-0.15, -0.1) is 0 Å². The zero-order chi connectivity index (χ0) is 22.8. The number of hydrogen-bond acceptors (Lipinski definition) is 4. The number of aryl methyl sites for hydroxylation is 1. The van der Waals surface area contributed by atoms with Crippen molar-refractivity contribution >= 4 is 5.91 Å². The summed E-state index contributed by atoms with van der Waals surface area (Å²) in [5.41, 5.74) is 1.46. The van der Waals surface area contributed by atoms with Crippen molar-refractivity contribution in [2.24, 2.45) is 0 Å². The highest BCUT2D eigenvalue weighted by atomic mass is 16.5. The van der Waals surface area contributed by atoms with Crippen LogP contribution < -0.4 is 5.32 Å². The number of rotatable bonds is 11. The van der Waals surface area contributed by atoms with Gasteiger partial charge in [-0.05, 0) is 77.3 Å². The number of ether oxygens (including phenoxy) is 1. The fourth-order valence-corrected chi connectivity index (χ4v) is 4.57. The molecule has 1 N–H and O–H groups in total. The molecule has 32 heavy (non-hydrogen) atoms. The van der Waals surface area contributed by atoms with E-state index in [0.29, 0.717) is 12.3 Å². The second-order valence-corrected chi connectivity index (χ2v) is 9.08. The molecule has 2 heterocycles. The Hall–Kier alpha value is -2.34. The first-order valence-corrected chi connectivity index (χ1v) is 12.3. The Bertz CT molecular complexity index is 799. The minimum absolute atomic E-state index is 0.0298. The molecule has 0 bridgehead atoms. The smallest absolute Gasteiger partial charge is 0.269 e. The molecule has 0 aromatic carbocycles. The van der Waals surface area contributed by atoms with Crippen LogP contribution in [0.2, 0.25) is 0 Å². The van der Waals surface area contributed by atoms with Crippen LogP contribution in [0.4, 0.5) is 0 Å². The number of amides is 1. The maximum absolute atomic E-state index is 12.9. The van der Waals surface area contributed by atoms with E-state index in [0.717, 1.165) is 37.3 Å². The van der Waals surface area contributed by atoms with E-state index in [9.17, 15) is 4.79 Å². The first-order chi connectivity index (χ1) is 15.6. The van der Waals surface area contributed by atoms with Crippen LogP contribution in [0, 0.1) is 6.92 Å². The van der Waals surface area contributed by atoms with Gasteiger partial charge in [0.25, 0.3) is 5.91 Å². The zero-order valence-corrected chi connectivity index (χ0v) is 19.9. The highest BCUT2D eigenvalue weighted by Gasteiger charge is 2.21. The van der Waals surface area contributed by atoms with Gasteiger partial charge in [0.05, 0.1) is 18.3 Å². The number of nitrogens with one attached hydrogen (secondary N) is 1. The Morgan fingerprint density at radius 1 is 1.28 bits per heavy atom. The van der Waals surface area contributed by atoms with Gasteiger partial charge in [0.2, 0.25) is 0 Å². The fourth-order valence-electron chi connectivity index (χ4n) is 4.57. The highest BCUT2D eigenvalue weighted by Crippen LogP contribution is 2.19. The third-order valence-electron chi connectivity index (χ3n) is 6.32. The minimum atomic E-state index is -0.0720.